The molecular formula is C50H29Cl8FN4O6. The molecule has 69 heavy (non-hydrogen) atoms. The zero-order valence-corrected chi connectivity index (χ0v) is 41.4. The number of halogens is 9. The number of nitrogens with one attached hydrogen (secondary N) is 2. The number of hydrogen-bond donors (Lipinski definition) is 2. The average molecular weight is 1080 g/mol. The Kier molecular flexibility index (Phi) is 14.7. The summed E-state index contributed by atoms with van der Waals surface area (Å²) in [5.74, 6) is -2.11. The first-order valence-corrected chi connectivity index (χ1v) is 23.1. The van der Waals surface area contributed by atoms with Crippen molar-refractivity contribution in [3.63, 3.8) is 0 Å². The summed E-state index contributed by atoms with van der Waals surface area (Å²) in [6.45, 7) is 0. The van der Waals surface area contributed by atoms with Gasteiger partial charge in [-0.3, -0.25) is 28.3 Å². The molecule has 19 heteroatoms. The van der Waals surface area contributed by atoms with Crippen LogP contribution >= 0.6 is 92.8 Å². The monoisotopic (exact) mass is 1080 g/mol. The van der Waals surface area contributed by atoms with Gasteiger partial charge in [0.2, 0.25) is 23.1 Å². The minimum absolute atomic E-state index is 0.000403. The molecule has 0 fully saturated rings. The van der Waals surface area contributed by atoms with Crippen LogP contribution in [-0.2, 0) is 0 Å². The number of H-pyrrole nitrogens is 2. The van der Waals surface area contributed by atoms with Gasteiger partial charge in [-0.1, -0.05) is 172 Å². The summed E-state index contributed by atoms with van der Waals surface area (Å²) in [6.07, 6.45) is 0. The van der Waals surface area contributed by atoms with Gasteiger partial charge in [-0.2, -0.15) is 0 Å². The quantitative estimate of drug-likeness (QED) is 0.117. The number of methoxy groups -OCH3 is 2. The summed E-state index contributed by atoms with van der Waals surface area (Å²) in [4.78, 5) is 59.7. The summed E-state index contributed by atoms with van der Waals surface area (Å²) in [7, 11) is 2.89. The molecule has 0 amide bonds. The lowest BCUT2D eigenvalue weighted by Gasteiger charge is -2.13. The van der Waals surface area contributed by atoms with E-state index in [1.807, 2.05) is 30.3 Å². The van der Waals surface area contributed by atoms with Crippen molar-refractivity contribution in [1.82, 2.24) is 19.1 Å². The normalized spacial score (nSPS) is 11.1. The fraction of sp³-hybridized carbons (Fsp3) is 0.0400. The molecular weight excluding hydrogens is 1060 g/mol. The van der Waals surface area contributed by atoms with Crippen LogP contribution in [-0.4, -0.2) is 56.5 Å². The topological polar surface area (TPSA) is 128 Å². The Morgan fingerprint density at radius 3 is 1.35 bits per heavy atom. The smallest absolute Gasteiger partial charge is 0.215 e. The highest BCUT2D eigenvalue weighted by Gasteiger charge is 2.33. The number of fused-ring (bicyclic) bond motifs is 1. The van der Waals surface area contributed by atoms with Crippen LogP contribution in [0, 0.1) is 5.82 Å². The van der Waals surface area contributed by atoms with Crippen molar-refractivity contribution in [3.8, 4) is 22.9 Å². The highest BCUT2D eigenvalue weighted by Crippen LogP contribution is 2.42. The minimum atomic E-state index is -0.731. The van der Waals surface area contributed by atoms with E-state index >= 15 is 0 Å². The molecule has 9 rings (SSSR count). The Morgan fingerprint density at radius 2 is 0.870 bits per heavy atom. The predicted octanol–water partition coefficient (Wildman–Crippen LogP) is 15.1. The maximum absolute atomic E-state index is 14.3. The molecule has 0 unspecified atom stereocenters. The number of aromatic nitrogens is 4. The average Bonchev–Trinajstić information content (AvgIpc) is 4.04. The third kappa shape index (κ3) is 9.17. The number of carbonyl (C=O) groups is 4. The van der Waals surface area contributed by atoms with Gasteiger partial charge in [-0.05, 0) is 59.3 Å². The Balaban J connectivity index is 0.000000187. The van der Waals surface area contributed by atoms with Crippen LogP contribution in [0.15, 0.2) is 127 Å². The van der Waals surface area contributed by atoms with E-state index in [9.17, 15) is 23.6 Å². The number of hydrogen-bond acceptors (Lipinski definition) is 6. The van der Waals surface area contributed by atoms with Crippen molar-refractivity contribution in [2.24, 2.45) is 0 Å². The van der Waals surface area contributed by atoms with Gasteiger partial charge < -0.3 is 19.4 Å². The Morgan fingerprint density at radius 1 is 0.478 bits per heavy atom. The maximum atomic E-state index is 14.3. The second-order valence-electron chi connectivity index (χ2n) is 14.7. The van der Waals surface area contributed by atoms with Gasteiger partial charge in [0.25, 0.3) is 0 Å². The van der Waals surface area contributed by atoms with Crippen LogP contribution in [0.5, 0.6) is 11.5 Å². The second-order valence-corrected chi connectivity index (χ2v) is 17.7. The summed E-state index contributed by atoms with van der Waals surface area (Å²) in [5.41, 5.74) is 0.790. The molecule has 0 spiro atoms. The standard InChI is InChI=1S/C27H16Cl4N2O3.C23H13Cl4FN2O3/c1-36-20-12-5-4-10-17(20)25(35)22-23(21(29)26(30)32-22)33-19(13-18(28)27(33)31)24(34)16-11-6-8-14-7-2-3-9-15(14)16;1-33-16-9-5-3-7-12(16)21(32)18-19(17(25)22(26)29-18)30-15(10-13(24)23(30)27)20(31)11-6-2-4-8-14(11)28/h2-13,32H,1H3;2-10,29H,1H3. The molecule has 9 aromatic rings. The lowest BCUT2D eigenvalue weighted by Crippen LogP contribution is -2.14. The Labute approximate surface area is 431 Å². The van der Waals surface area contributed by atoms with E-state index in [0.29, 0.717) is 17.1 Å². The van der Waals surface area contributed by atoms with Gasteiger partial charge in [-0.15, -0.1) is 0 Å². The number of para-hydroxylation sites is 2. The van der Waals surface area contributed by atoms with Crippen molar-refractivity contribution in [2.75, 3.05) is 14.2 Å². The number of nitrogens with zero attached hydrogens (tertiary/aromatic N) is 2. The zero-order chi connectivity index (χ0) is 49.4. The molecule has 2 N–H and O–H groups in total. The SMILES string of the molecule is COc1ccccc1C(=O)c1[nH]c(Cl)c(Cl)c1-n1c(C(=O)c2cccc3ccccc23)cc(Cl)c1Cl.COc1ccccc1C(=O)c1[nH]c(Cl)c(Cl)c1-n1c(C(=O)c2ccccc2F)cc(Cl)c1Cl. The van der Waals surface area contributed by atoms with E-state index in [2.05, 4.69) is 9.97 Å². The van der Waals surface area contributed by atoms with Crippen LogP contribution in [0.3, 0.4) is 0 Å². The summed E-state index contributed by atoms with van der Waals surface area (Å²) >= 11 is 51.2. The van der Waals surface area contributed by atoms with E-state index in [4.69, 9.17) is 102 Å². The molecule has 0 aliphatic heterocycles. The zero-order valence-electron chi connectivity index (χ0n) is 35.4. The van der Waals surface area contributed by atoms with Crippen LogP contribution in [0.1, 0.15) is 64.2 Å². The van der Waals surface area contributed by atoms with Gasteiger partial charge >= 0.3 is 0 Å². The van der Waals surface area contributed by atoms with E-state index in [0.717, 1.165) is 16.8 Å². The van der Waals surface area contributed by atoms with Crippen LogP contribution in [0.2, 0.25) is 40.7 Å². The van der Waals surface area contributed by atoms with Crippen LogP contribution in [0.4, 0.5) is 4.39 Å². The number of ketones is 4. The van der Waals surface area contributed by atoms with Crippen molar-refractivity contribution >= 4 is 127 Å². The van der Waals surface area contributed by atoms with Crippen molar-refractivity contribution in [3.05, 3.63) is 219 Å². The third-order valence-electron chi connectivity index (χ3n) is 10.8. The number of ether oxygens (including phenoxy) is 2. The number of rotatable bonds is 12. The molecule has 0 saturated carbocycles. The first kappa shape index (κ1) is 49.4. The van der Waals surface area contributed by atoms with E-state index in [1.54, 1.807) is 60.7 Å². The Bertz CT molecular complexity index is 3540. The summed E-state index contributed by atoms with van der Waals surface area (Å²) in [5, 5.41) is 1.55. The van der Waals surface area contributed by atoms with E-state index in [-0.39, 0.29) is 97.3 Å². The largest absolute Gasteiger partial charge is 0.496 e. The molecule has 0 radical (unpaired) electrons. The first-order valence-electron chi connectivity index (χ1n) is 20.0. The van der Waals surface area contributed by atoms with Gasteiger partial charge in [-0.25, -0.2) is 4.39 Å². The Hall–Kier alpha value is -5.99. The molecule has 10 nitrogen and oxygen atoms in total. The third-order valence-corrected chi connectivity index (χ3v) is 13.8. The molecule has 0 aliphatic rings. The lowest BCUT2D eigenvalue weighted by molar-refractivity contribution is 0.101. The maximum Gasteiger partial charge on any atom is 0.215 e. The van der Waals surface area contributed by atoms with Crippen molar-refractivity contribution in [1.29, 1.82) is 0 Å². The van der Waals surface area contributed by atoms with Crippen molar-refractivity contribution < 1.29 is 33.0 Å². The lowest BCUT2D eigenvalue weighted by atomic mass is 10.00. The molecule has 348 valence electrons. The molecule has 5 aromatic carbocycles. The fourth-order valence-electron chi connectivity index (χ4n) is 7.59. The van der Waals surface area contributed by atoms with Crippen LogP contribution in [0.25, 0.3) is 22.1 Å². The van der Waals surface area contributed by atoms with Gasteiger partial charge in [0.1, 0.15) is 59.4 Å². The summed E-state index contributed by atoms with van der Waals surface area (Å²) in [6, 6.07) is 34.4. The molecule has 0 aliphatic carbocycles. The van der Waals surface area contributed by atoms with E-state index < -0.39 is 23.2 Å². The molecule has 4 heterocycles. The molecule has 4 aromatic heterocycles. The minimum Gasteiger partial charge on any atom is -0.496 e. The van der Waals surface area contributed by atoms with Crippen LogP contribution < -0.4 is 9.47 Å². The highest BCUT2D eigenvalue weighted by atomic mass is 35.5. The number of benzene rings is 5. The number of carbonyl (C=O) groups excluding carboxylic acids is 4. The summed E-state index contributed by atoms with van der Waals surface area (Å²) < 4.78 is 27.5. The number of aromatic amines is 2. The highest BCUT2D eigenvalue weighted by molar-refractivity contribution is 6.46. The van der Waals surface area contributed by atoms with E-state index in [1.165, 1.54) is 53.7 Å². The van der Waals surface area contributed by atoms with Gasteiger partial charge in [0.15, 0.2) is 0 Å². The van der Waals surface area contributed by atoms with Gasteiger partial charge in [0.05, 0.1) is 63.7 Å². The molecule has 0 bridgehead atoms. The predicted molar refractivity (Wildman–Crippen MR) is 270 cm³/mol. The first-order chi connectivity index (χ1) is 33.1. The van der Waals surface area contributed by atoms with Crippen molar-refractivity contribution in [2.45, 2.75) is 0 Å². The van der Waals surface area contributed by atoms with Gasteiger partial charge in [0, 0.05) is 5.56 Å². The molecule has 0 saturated heterocycles. The second kappa shape index (κ2) is 20.5. The molecule has 0 atom stereocenters. The fourth-order valence-corrected chi connectivity index (χ4v) is 9.24.